The molecule has 0 radical (unpaired) electrons. The standard InChI is InChI=1S/C17H22FNO4/c18-12-3-5-13(6-4-12)23-11-17(21)19-8-1-2-15(19)14-10-22-9-7-16(14)20/h3-6,14-16,20H,1-2,7-11H2/t14-,15+,16-/m0/s1. The van der Waals surface area contributed by atoms with Gasteiger partial charge >= 0.3 is 0 Å². The number of aliphatic hydroxyl groups is 1. The van der Waals surface area contributed by atoms with E-state index in [9.17, 15) is 14.3 Å². The third kappa shape index (κ3) is 3.82. The predicted octanol–water partition coefficient (Wildman–Crippen LogP) is 1.59. The summed E-state index contributed by atoms with van der Waals surface area (Å²) in [5.41, 5.74) is 0. The van der Waals surface area contributed by atoms with Crippen LogP contribution in [0.5, 0.6) is 5.75 Å². The second-order valence-electron chi connectivity index (χ2n) is 6.13. The molecule has 1 amide bonds. The van der Waals surface area contributed by atoms with E-state index in [4.69, 9.17) is 9.47 Å². The van der Waals surface area contributed by atoms with Gasteiger partial charge in [0.15, 0.2) is 6.61 Å². The minimum atomic E-state index is -0.417. The summed E-state index contributed by atoms with van der Waals surface area (Å²) in [6.07, 6.45) is 2.01. The number of ether oxygens (including phenoxy) is 2. The maximum absolute atomic E-state index is 12.9. The van der Waals surface area contributed by atoms with Gasteiger partial charge in [-0.15, -0.1) is 0 Å². The number of halogens is 1. The number of carbonyl (C=O) groups is 1. The highest BCUT2D eigenvalue weighted by atomic mass is 19.1. The number of hydrogen-bond donors (Lipinski definition) is 1. The fourth-order valence-corrected chi connectivity index (χ4v) is 3.42. The number of rotatable bonds is 4. The summed E-state index contributed by atoms with van der Waals surface area (Å²) in [4.78, 5) is 14.2. The Morgan fingerprint density at radius 1 is 1.35 bits per heavy atom. The van der Waals surface area contributed by atoms with Crippen LogP contribution in [-0.4, -0.2) is 54.4 Å². The Morgan fingerprint density at radius 3 is 2.87 bits per heavy atom. The van der Waals surface area contributed by atoms with Gasteiger partial charge in [-0.3, -0.25) is 4.79 Å². The van der Waals surface area contributed by atoms with Crippen molar-refractivity contribution >= 4 is 5.91 Å². The first-order chi connectivity index (χ1) is 11.1. The van der Waals surface area contributed by atoms with E-state index in [1.807, 2.05) is 0 Å². The van der Waals surface area contributed by atoms with Crippen molar-refractivity contribution in [1.82, 2.24) is 4.90 Å². The summed E-state index contributed by atoms with van der Waals surface area (Å²) < 4.78 is 23.8. The average molecular weight is 323 g/mol. The van der Waals surface area contributed by atoms with Gasteiger partial charge in [0, 0.05) is 25.1 Å². The largest absolute Gasteiger partial charge is 0.484 e. The highest BCUT2D eigenvalue weighted by Crippen LogP contribution is 2.30. The number of nitrogens with zero attached hydrogens (tertiary/aromatic N) is 1. The van der Waals surface area contributed by atoms with Gasteiger partial charge in [0.25, 0.3) is 5.91 Å². The van der Waals surface area contributed by atoms with E-state index in [2.05, 4.69) is 0 Å². The quantitative estimate of drug-likeness (QED) is 0.914. The average Bonchev–Trinajstić information content (AvgIpc) is 3.04. The van der Waals surface area contributed by atoms with Crippen LogP contribution in [0.25, 0.3) is 0 Å². The molecule has 0 bridgehead atoms. The van der Waals surface area contributed by atoms with Crippen LogP contribution in [0.1, 0.15) is 19.3 Å². The molecule has 3 atom stereocenters. The molecule has 2 saturated heterocycles. The summed E-state index contributed by atoms with van der Waals surface area (Å²) in [6, 6.07) is 5.61. The molecule has 1 aromatic rings. The molecule has 0 unspecified atom stereocenters. The lowest BCUT2D eigenvalue weighted by Crippen LogP contribution is -2.49. The zero-order valence-corrected chi connectivity index (χ0v) is 13.0. The maximum atomic E-state index is 12.9. The number of aliphatic hydroxyl groups excluding tert-OH is 1. The first-order valence-corrected chi connectivity index (χ1v) is 8.09. The van der Waals surface area contributed by atoms with Crippen molar-refractivity contribution in [3.8, 4) is 5.75 Å². The van der Waals surface area contributed by atoms with Gasteiger partial charge in [-0.2, -0.15) is 0 Å². The van der Waals surface area contributed by atoms with Gasteiger partial charge in [-0.05, 0) is 43.5 Å². The van der Waals surface area contributed by atoms with Gasteiger partial charge < -0.3 is 19.5 Å². The van der Waals surface area contributed by atoms with Crippen LogP contribution in [0.2, 0.25) is 0 Å². The van der Waals surface area contributed by atoms with Crippen molar-refractivity contribution < 1.29 is 23.8 Å². The third-order valence-corrected chi connectivity index (χ3v) is 4.65. The molecule has 2 fully saturated rings. The Hall–Kier alpha value is -1.66. The highest BCUT2D eigenvalue weighted by Gasteiger charge is 2.39. The van der Waals surface area contributed by atoms with Crippen LogP contribution in [0, 0.1) is 11.7 Å². The second-order valence-corrected chi connectivity index (χ2v) is 6.13. The first kappa shape index (κ1) is 16.2. The van der Waals surface area contributed by atoms with Gasteiger partial charge in [-0.25, -0.2) is 4.39 Å². The normalized spacial score (nSPS) is 27.9. The fourth-order valence-electron chi connectivity index (χ4n) is 3.42. The van der Waals surface area contributed by atoms with Crippen LogP contribution >= 0.6 is 0 Å². The summed E-state index contributed by atoms with van der Waals surface area (Å²) in [6.45, 7) is 1.67. The van der Waals surface area contributed by atoms with Crippen molar-refractivity contribution in [3.05, 3.63) is 30.1 Å². The van der Waals surface area contributed by atoms with E-state index in [1.165, 1.54) is 24.3 Å². The zero-order chi connectivity index (χ0) is 16.2. The van der Waals surface area contributed by atoms with E-state index in [1.54, 1.807) is 4.90 Å². The molecule has 1 aromatic carbocycles. The molecular formula is C17H22FNO4. The van der Waals surface area contributed by atoms with Crippen molar-refractivity contribution in [3.63, 3.8) is 0 Å². The number of benzene rings is 1. The molecule has 2 heterocycles. The fraction of sp³-hybridized carbons (Fsp3) is 0.588. The highest BCUT2D eigenvalue weighted by molar-refractivity contribution is 5.78. The molecular weight excluding hydrogens is 301 g/mol. The lowest BCUT2D eigenvalue weighted by atomic mass is 9.89. The smallest absolute Gasteiger partial charge is 0.260 e. The van der Waals surface area contributed by atoms with Gasteiger partial charge in [0.1, 0.15) is 11.6 Å². The van der Waals surface area contributed by atoms with Crippen LogP contribution in [0.3, 0.4) is 0 Å². The Labute approximate surface area is 135 Å². The van der Waals surface area contributed by atoms with E-state index in [0.717, 1.165) is 12.8 Å². The van der Waals surface area contributed by atoms with Gasteiger partial charge in [-0.1, -0.05) is 0 Å². The number of likely N-dealkylation sites (tertiary alicyclic amines) is 1. The molecule has 2 aliphatic heterocycles. The summed E-state index contributed by atoms with van der Waals surface area (Å²) in [5, 5.41) is 10.2. The topological polar surface area (TPSA) is 59.0 Å². The minimum absolute atomic E-state index is 0.00891. The number of hydrogen-bond acceptors (Lipinski definition) is 4. The monoisotopic (exact) mass is 323 g/mol. The summed E-state index contributed by atoms with van der Waals surface area (Å²) >= 11 is 0. The number of carbonyl (C=O) groups excluding carboxylic acids is 1. The van der Waals surface area contributed by atoms with Gasteiger partial charge in [0.2, 0.25) is 0 Å². The van der Waals surface area contributed by atoms with E-state index in [-0.39, 0.29) is 30.3 Å². The molecule has 3 rings (SSSR count). The van der Waals surface area contributed by atoms with Gasteiger partial charge in [0.05, 0.1) is 12.7 Å². The minimum Gasteiger partial charge on any atom is -0.484 e. The molecule has 23 heavy (non-hydrogen) atoms. The first-order valence-electron chi connectivity index (χ1n) is 8.09. The SMILES string of the molecule is O=C(COc1ccc(F)cc1)N1CCC[C@@H]1[C@@H]1COCC[C@@H]1O. The second kappa shape index (κ2) is 7.27. The van der Waals surface area contributed by atoms with Crippen LogP contribution in [0.4, 0.5) is 4.39 Å². The molecule has 126 valence electrons. The van der Waals surface area contributed by atoms with Crippen LogP contribution in [0.15, 0.2) is 24.3 Å². The Morgan fingerprint density at radius 2 is 2.13 bits per heavy atom. The molecule has 0 aliphatic carbocycles. The van der Waals surface area contributed by atoms with Crippen molar-refractivity contribution in [2.75, 3.05) is 26.4 Å². The van der Waals surface area contributed by atoms with Crippen LogP contribution in [-0.2, 0) is 9.53 Å². The van der Waals surface area contributed by atoms with Crippen molar-refractivity contribution in [1.29, 1.82) is 0 Å². The molecule has 6 heteroatoms. The van der Waals surface area contributed by atoms with E-state index < -0.39 is 6.10 Å². The number of amides is 1. The van der Waals surface area contributed by atoms with E-state index >= 15 is 0 Å². The predicted molar refractivity (Wildman–Crippen MR) is 81.6 cm³/mol. The Balaban J connectivity index is 1.58. The molecule has 1 N–H and O–H groups in total. The Bertz CT molecular complexity index is 536. The lowest BCUT2D eigenvalue weighted by molar-refractivity contribution is -0.138. The Kier molecular flexibility index (Phi) is 5.13. The van der Waals surface area contributed by atoms with E-state index in [0.29, 0.717) is 31.9 Å². The zero-order valence-electron chi connectivity index (χ0n) is 13.0. The molecule has 5 nitrogen and oxygen atoms in total. The third-order valence-electron chi connectivity index (χ3n) is 4.65. The maximum Gasteiger partial charge on any atom is 0.260 e. The summed E-state index contributed by atoms with van der Waals surface area (Å²) in [7, 11) is 0. The van der Waals surface area contributed by atoms with Crippen LogP contribution < -0.4 is 4.74 Å². The molecule has 0 aromatic heterocycles. The molecule has 2 aliphatic rings. The summed E-state index contributed by atoms with van der Waals surface area (Å²) in [5.74, 6) is 0.00159. The van der Waals surface area contributed by atoms with Crippen molar-refractivity contribution in [2.45, 2.75) is 31.4 Å². The lowest BCUT2D eigenvalue weighted by Gasteiger charge is -2.36. The van der Waals surface area contributed by atoms with Crippen molar-refractivity contribution in [2.24, 2.45) is 5.92 Å². The molecule has 0 spiro atoms. The molecule has 0 saturated carbocycles.